The maximum Gasteiger partial charge on any atom is 0.275 e. The van der Waals surface area contributed by atoms with Crippen molar-refractivity contribution in [2.24, 2.45) is 0 Å². The van der Waals surface area contributed by atoms with Crippen LogP contribution in [-0.2, 0) is 11.3 Å². The van der Waals surface area contributed by atoms with E-state index in [1.54, 1.807) is 41.5 Å². The van der Waals surface area contributed by atoms with E-state index in [9.17, 15) is 9.59 Å². The summed E-state index contributed by atoms with van der Waals surface area (Å²) in [7, 11) is 1.55. The number of ether oxygens (including phenoxy) is 1. The summed E-state index contributed by atoms with van der Waals surface area (Å²) in [5, 5.41) is 5.70. The normalized spacial score (nSPS) is 21.7. The number of nitrogens with zero attached hydrogens (tertiary/aromatic N) is 2. The summed E-state index contributed by atoms with van der Waals surface area (Å²) in [4.78, 5) is 29.4. The van der Waals surface area contributed by atoms with E-state index in [-0.39, 0.29) is 17.9 Å². The molecule has 33 heavy (non-hydrogen) atoms. The summed E-state index contributed by atoms with van der Waals surface area (Å²) in [6, 6.07) is 9.31. The number of benzene rings is 1. The molecule has 0 saturated heterocycles. The first-order valence-corrected chi connectivity index (χ1v) is 12.7. The Morgan fingerprint density at radius 2 is 1.94 bits per heavy atom. The van der Waals surface area contributed by atoms with Crippen LogP contribution in [0.4, 0.5) is 5.69 Å². The fourth-order valence-corrected chi connectivity index (χ4v) is 6.25. The number of thiophene rings is 1. The van der Waals surface area contributed by atoms with E-state index >= 15 is 0 Å². The van der Waals surface area contributed by atoms with Gasteiger partial charge in [-0.1, -0.05) is 37.3 Å². The highest BCUT2D eigenvalue weighted by atomic mass is 35.5. The van der Waals surface area contributed by atoms with Gasteiger partial charge in [-0.2, -0.15) is 0 Å². The molecule has 2 aromatic heterocycles. The second-order valence-corrected chi connectivity index (χ2v) is 10.5. The molecule has 3 heterocycles. The zero-order chi connectivity index (χ0) is 23.2. The zero-order valence-corrected chi connectivity index (χ0v) is 20.5. The Labute approximate surface area is 202 Å². The Morgan fingerprint density at radius 3 is 2.64 bits per heavy atom. The minimum Gasteiger partial charge on any atom is -0.495 e. The lowest BCUT2D eigenvalue weighted by atomic mass is 9.92. The summed E-state index contributed by atoms with van der Waals surface area (Å²) in [5.41, 5.74) is 1.05. The van der Waals surface area contributed by atoms with Crippen LogP contribution in [0.1, 0.15) is 55.9 Å². The highest BCUT2D eigenvalue weighted by Crippen LogP contribution is 2.39. The van der Waals surface area contributed by atoms with E-state index in [2.05, 4.69) is 5.32 Å². The summed E-state index contributed by atoms with van der Waals surface area (Å²) in [5.74, 6) is 0.195. The second-order valence-electron chi connectivity index (χ2n) is 9.18. The van der Waals surface area contributed by atoms with Crippen LogP contribution >= 0.6 is 22.9 Å². The van der Waals surface area contributed by atoms with Crippen LogP contribution in [0.15, 0.2) is 35.7 Å². The second kappa shape index (κ2) is 8.69. The highest BCUT2D eigenvalue weighted by Gasteiger charge is 2.49. The Kier molecular flexibility index (Phi) is 5.87. The number of anilines is 1. The van der Waals surface area contributed by atoms with Gasteiger partial charge in [-0.3, -0.25) is 14.5 Å². The van der Waals surface area contributed by atoms with Crippen molar-refractivity contribution in [1.29, 1.82) is 0 Å². The number of nitrogens with one attached hydrogen (secondary N) is 1. The van der Waals surface area contributed by atoms with Crippen molar-refractivity contribution in [3.63, 3.8) is 0 Å². The highest BCUT2D eigenvalue weighted by molar-refractivity contribution is 7.17. The molecule has 3 aromatic rings. The molecule has 1 aliphatic carbocycles. The van der Waals surface area contributed by atoms with Gasteiger partial charge in [-0.15, -0.1) is 11.3 Å². The molecule has 1 aliphatic heterocycles. The van der Waals surface area contributed by atoms with Crippen molar-refractivity contribution in [2.75, 3.05) is 12.0 Å². The lowest BCUT2D eigenvalue weighted by Crippen LogP contribution is -2.65. The number of amides is 2. The van der Waals surface area contributed by atoms with Gasteiger partial charge in [0.2, 0.25) is 5.91 Å². The van der Waals surface area contributed by atoms with Gasteiger partial charge in [-0.25, -0.2) is 0 Å². The minimum atomic E-state index is -1.11. The van der Waals surface area contributed by atoms with E-state index in [4.69, 9.17) is 16.3 Å². The largest absolute Gasteiger partial charge is 0.495 e. The number of aromatic nitrogens is 1. The van der Waals surface area contributed by atoms with E-state index in [0.717, 1.165) is 35.9 Å². The molecule has 1 N–H and O–H groups in total. The molecule has 0 spiro atoms. The molecule has 2 aliphatic rings. The minimum absolute atomic E-state index is 0.127. The number of hydrogen-bond acceptors (Lipinski definition) is 4. The number of rotatable bonds is 4. The third-order valence-corrected chi connectivity index (χ3v) is 8.13. The SMILES string of the molecule is COc1ccc(N2C(=O)c3cc4sccc4n3CC2(C)C(=O)NC2CCCCCC2)cc1Cl. The van der Waals surface area contributed by atoms with Crippen LogP contribution in [-0.4, -0.2) is 35.1 Å². The van der Waals surface area contributed by atoms with Crippen LogP contribution in [0.25, 0.3) is 10.2 Å². The van der Waals surface area contributed by atoms with E-state index < -0.39 is 5.54 Å². The van der Waals surface area contributed by atoms with Gasteiger partial charge >= 0.3 is 0 Å². The summed E-state index contributed by atoms with van der Waals surface area (Å²) < 4.78 is 8.32. The fourth-order valence-electron chi connectivity index (χ4n) is 5.18. The quantitative estimate of drug-likeness (QED) is 0.487. The first kappa shape index (κ1) is 22.3. The summed E-state index contributed by atoms with van der Waals surface area (Å²) >= 11 is 8.02. The predicted octanol–water partition coefficient (Wildman–Crippen LogP) is 5.62. The number of carbonyl (C=O) groups excluding carboxylic acids is 2. The molecule has 1 aromatic carbocycles. The molecule has 1 fully saturated rings. The van der Waals surface area contributed by atoms with Crippen LogP contribution in [0.5, 0.6) is 5.75 Å². The molecule has 6 nitrogen and oxygen atoms in total. The number of hydrogen-bond donors (Lipinski definition) is 1. The average Bonchev–Trinajstić information content (AvgIpc) is 3.28. The smallest absolute Gasteiger partial charge is 0.275 e. The van der Waals surface area contributed by atoms with Crippen molar-refractivity contribution < 1.29 is 14.3 Å². The zero-order valence-electron chi connectivity index (χ0n) is 18.9. The molecule has 1 saturated carbocycles. The van der Waals surface area contributed by atoms with Crippen molar-refractivity contribution in [2.45, 2.75) is 63.6 Å². The van der Waals surface area contributed by atoms with Crippen LogP contribution in [0.2, 0.25) is 5.02 Å². The van der Waals surface area contributed by atoms with Crippen LogP contribution < -0.4 is 15.0 Å². The fraction of sp³-hybridized carbons (Fsp3) is 0.440. The molecule has 8 heteroatoms. The molecular formula is C25H28ClN3O3S. The molecule has 0 bridgehead atoms. The van der Waals surface area contributed by atoms with Gasteiger partial charge in [0.1, 0.15) is 17.0 Å². The van der Waals surface area contributed by atoms with Crippen molar-refractivity contribution in [1.82, 2.24) is 9.88 Å². The van der Waals surface area contributed by atoms with Crippen molar-refractivity contribution in [3.8, 4) is 5.75 Å². The van der Waals surface area contributed by atoms with Gasteiger partial charge < -0.3 is 14.6 Å². The number of fused-ring (bicyclic) bond motifs is 3. The van der Waals surface area contributed by atoms with E-state index in [1.165, 1.54) is 12.8 Å². The summed E-state index contributed by atoms with van der Waals surface area (Å²) in [6.45, 7) is 2.23. The Bertz CT molecular complexity index is 1210. The van der Waals surface area contributed by atoms with Gasteiger partial charge in [0.15, 0.2) is 0 Å². The molecular weight excluding hydrogens is 458 g/mol. The van der Waals surface area contributed by atoms with Crippen LogP contribution in [0.3, 0.4) is 0 Å². The molecule has 0 radical (unpaired) electrons. The van der Waals surface area contributed by atoms with Gasteiger partial charge in [0.25, 0.3) is 5.91 Å². The van der Waals surface area contributed by atoms with Gasteiger partial charge in [0, 0.05) is 11.7 Å². The molecule has 174 valence electrons. The first-order chi connectivity index (χ1) is 15.9. The Hall–Kier alpha value is -2.51. The molecule has 1 unspecified atom stereocenters. The average molecular weight is 486 g/mol. The first-order valence-electron chi connectivity index (χ1n) is 11.5. The third kappa shape index (κ3) is 3.81. The Balaban J connectivity index is 1.58. The van der Waals surface area contributed by atoms with Crippen molar-refractivity contribution >= 4 is 50.7 Å². The lowest BCUT2D eigenvalue weighted by molar-refractivity contribution is -0.127. The maximum absolute atomic E-state index is 13.9. The van der Waals surface area contributed by atoms with Crippen molar-refractivity contribution in [3.05, 3.63) is 46.4 Å². The number of methoxy groups -OCH3 is 1. The summed E-state index contributed by atoms with van der Waals surface area (Å²) in [6.07, 6.45) is 6.62. The maximum atomic E-state index is 13.9. The molecule has 5 rings (SSSR count). The monoisotopic (exact) mass is 485 g/mol. The third-order valence-electron chi connectivity index (χ3n) is 6.98. The standard InChI is InChI=1S/C25H28ClN3O3S/c1-25(24(31)27-16-7-5-3-4-6-8-16)15-28-19-11-12-33-22(19)14-20(28)23(30)29(25)17-9-10-21(32-2)18(26)13-17/h9-14,16H,3-8,15H2,1-2H3,(H,27,31). The lowest BCUT2D eigenvalue weighted by Gasteiger charge is -2.44. The predicted molar refractivity (Wildman–Crippen MR) is 133 cm³/mol. The van der Waals surface area contributed by atoms with Gasteiger partial charge in [-0.05, 0) is 55.5 Å². The van der Waals surface area contributed by atoms with Crippen LogP contribution in [0, 0.1) is 0 Å². The number of halogens is 1. The molecule has 2 amide bonds. The van der Waals surface area contributed by atoms with E-state index in [1.807, 2.05) is 29.0 Å². The van der Waals surface area contributed by atoms with Gasteiger partial charge in [0.05, 0.1) is 28.9 Å². The van der Waals surface area contributed by atoms with E-state index in [0.29, 0.717) is 28.7 Å². The topological polar surface area (TPSA) is 63.6 Å². The molecule has 1 atom stereocenters. The number of carbonyl (C=O) groups is 2. The Morgan fingerprint density at radius 1 is 1.18 bits per heavy atom.